The van der Waals surface area contributed by atoms with Crippen LogP contribution >= 0.6 is 0 Å². The molecule has 3 rings (SSSR count). The molecule has 0 aliphatic carbocycles. The van der Waals surface area contributed by atoms with Crippen molar-refractivity contribution >= 4 is 15.9 Å². The predicted molar refractivity (Wildman–Crippen MR) is 88.1 cm³/mol. The molecule has 3 heterocycles. The lowest BCUT2D eigenvalue weighted by Gasteiger charge is -2.38. The van der Waals surface area contributed by atoms with Crippen molar-refractivity contribution in [3.8, 4) is 0 Å². The number of amides is 1. The van der Waals surface area contributed by atoms with Gasteiger partial charge in [0.05, 0.1) is 19.1 Å². The van der Waals surface area contributed by atoms with E-state index >= 15 is 0 Å². The van der Waals surface area contributed by atoms with Crippen LogP contribution in [0.4, 0.5) is 0 Å². The van der Waals surface area contributed by atoms with Crippen molar-refractivity contribution in [2.75, 3.05) is 39.6 Å². The van der Waals surface area contributed by atoms with E-state index < -0.39 is 10.0 Å². The molecule has 134 valence electrons. The second-order valence-corrected chi connectivity index (χ2v) is 8.83. The lowest BCUT2D eigenvalue weighted by Crippen LogP contribution is -2.44. The molecule has 1 amide bonds. The number of rotatable bonds is 4. The fraction of sp³-hybridized carbons (Fsp3) is 0.688. The fourth-order valence-corrected chi connectivity index (χ4v) is 5.14. The Morgan fingerprint density at radius 1 is 1.42 bits per heavy atom. The van der Waals surface area contributed by atoms with Gasteiger partial charge in [-0.05, 0) is 36.8 Å². The minimum absolute atomic E-state index is 0.0633. The second-order valence-electron chi connectivity index (χ2n) is 6.89. The van der Waals surface area contributed by atoms with Crippen LogP contribution in [0.25, 0.3) is 0 Å². The molecule has 1 aromatic heterocycles. The molecule has 2 aliphatic rings. The van der Waals surface area contributed by atoms with Gasteiger partial charge in [0.15, 0.2) is 5.76 Å². The Balaban J connectivity index is 1.68. The third-order valence-electron chi connectivity index (χ3n) is 5.20. The van der Waals surface area contributed by atoms with Gasteiger partial charge in [-0.25, -0.2) is 8.42 Å². The van der Waals surface area contributed by atoms with E-state index in [2.05, 4.69) is 0 Å². The van der Waals surface area contributed by atoms with E-state index in [1.807, 2.05) is 0 Å². The molecule has 2 saturated heterocycles. The van der Waals surface area contributed by atoms with E-state index in [0.29, 0.717) is 32.0 Å². The van der Waals surface area contributed by atoms with Gasteiger partial charge in [-0.15, -0.1) is 0 Å². The van der Waals surface area contributed by atoms with Crippen molar-refractivity contribution in [3.63, 3.8) is 0 Å². The topological polar surface area (TPSA) is 80.1 Å². The van der Waals surface area contributed by atoms with Crippen LogP contribution in [0.5, 0.6) is 0 Å². The summed E-state index contributed by atoms with van der Waals surface area (Å²) in [4.78, 5) is 14.2. The maximum atomic E-state index is 12.4. The Morgan fingerprint density at radius 3 is 2.67 bits per heavy atom. The Bertz CT molecular complexity index is 677. The molecule has 0 radical (unpaired) electrons. The molecule has 8 heteroatoms. The monoisotopic (exact) mass is 356 g/mol. The zero-order chi connectivity index (χ0) is 17.4. The van der Waals surface area contributed by atoms with Gasteiger partial charge < -0.3 is 14.1 Å². The molecular formula is C16H24N2O5S. The summed E-state index contributed by atoms with van der Waals surface area (Å²) in [5, 5.41) is 0. The number of furan rings is 1. The first-order chi connectivity index (χ1) is 11.3. The van der Waals surface area contributed by atoms with Crippen LogP contribution in [0.2, 0.25) is 0 Å². The molecule has 1 aromatic rings. The van der Waals surface area contributed by atoms with Crippen molar-refractivity contribution in [2.45, 2.75) is 25.3 Å². The highest BCUT2D eigenvalue weighted by molar-refractivity contribution is 7.88. The van der Waals surface area contributed by atoms with Crippen molar-refractivity contribution < 1.29 is 22.4 Å². The number of ether oxygens (including phenoxy) is 1. The summed E-state index contributed by atoms with van der Waals surface area (Å²) in [5.41, 5.74) is -0.0633. The Kier molecular flexibility index (Phi) is 4.72. The average Bonchev–Trinajstić information content (AvgIpc) is 3.16. The van der Waals surface area contributed by atoms with Crippen LogP contribution in [-0.2, 0) is 14.8 Å². The zero-order valence-corrected chi connectivity index (χ0v) is 14.9. The van der Waals surface area contributed by atoms with E-state index in [-0.39, 0.29) is 17.4 Å². The molecular weight excluding hydrogens is 332 g/mol. The number of hydrogen-bond acceptors (Lipinski definition) is 5. The van der Waals surface area contributed by atoms with E-state index in [9.17, 15) is 13.2 Å². The summed E-state index contributed by atoms with van der Waals surface area (Å²) in [6.45, 7) is 2.17. The number of piperidine rings is 1. The van der Waals surface area contributed by atoms with Crippen LogP contribution in [0, 0.1) is 5.41 Å². The highest BCUT2D eigenvalue weighted by atomic mass is 32.2. The van der Waals surface area contributed by atoms with Crippen LogP contribution in [-0.4, -0.2) is 69.2 Å². The molecule has 0 saturated carbocycles. The molecule has 0 N–H and O–H groups in total. The minimum Gasteiger partial charge on any atom is -0.459 e. The maximum absolute atomic E-state index is 12.4. The van der Waals surface area contributed by atoms with Crippen LogP contribution in [0.15, 0.2) is 22.8 Å². The lowest BCUT2D eigenvalue weighted by atomic mass is 9.76. The first kappa shape index (κ1) is 17.4. The van der Waals surface area contributed by atoms with Gasteiger partial charge in [-0.1, -0.05) is 0 Å². The highest BCUT2D eigenvalue weighted by Crippen LogP contribution is 2.44. The van der Waals surface area contributed by atoms with Gasteiger partial charge in [0.1, 0.15) is 0 Å². The molecule has 24 heavy (non-hydrogen) atoms. The first-order valence-electron chi connectivity index (χ1n) is 8.13. The van der Waals surface area contributed by atoms with E-state index in [1.165, 1.54) is 12.5 Å². The Morgan fingerprint density at radius 2 is 2.12 bits per heavy atom. The Labute approximate surface area is 142 Å². The van der Waals surface area contributed by atoms with Crippen LogP contribution in [0.3, 0.4) is 0 Å². The first-order valence-corrected chi connectivity index (χ1v) is 9.98. The molecule has 7 nitrogen and oxygen atoms in total. The molecule has 1 atom stereocenters. The fourth-order valence-electron chi connectivity index (χ4n) is 3.95. The number of sulfonamides is 1. The Hall–Kier alpha value is -1.38. The summed E-state index contributed by atoms with van der Waals surface area (Å²) >= 11 is 0. The van der Waals surface area contributed by atoms with Crippen molar-refractivity contribution in [2.24, 2.45) is 5.41 Å². The standard InChI is InChI=1S/C16H24N2O5S/c1-22-11-13-10-16(12-18(13)24(2,20)21)5-7-17(8-6-16)15(19)14-4-3-9-23-14/h3-4,9,13H,5-8,10-12H2,1-2H3/t13-/m1/s1. The predicted octanol–water partition coefficient (Wildman–Crippen LogP) is 1.18. The lowest BCUT2D eigenvalue weighted by molar-refractivity contribution is 0.0565. The third kappa shape index (κ3) is 3.36. The van der Waals surface area contributed by atoms with Gasteiger partial charge in [0.2, 0.25) is 10.0 Å². The summed E-state index contributed by atoms with van der Waals surface area (Å²) in [6, 6.07) is 3.26. The minimum atomic E-state index is -3.26. The van der Waals surface area contributed by atoms with Crippen LogP contribution in [0.1, 0.15) is 29.8 Å². The number of carbonyl (C=O) groups excluding carboxylic acids is 1. The second kappa shape index (κ2) is 6.50. The largest absolute Gasteiger partial charge is 0.459 e. The number of likely N-dealkylation sites (tertiary alicyclic amines) is 1. The van der Waals surface area contributed by atoms with Gasteiger partial charge >= 0.3 is 0 Å². The molecule has 2 aliphatic heterocycles. The van der Waals surface area contributed by atoms with Crippen molar-refractivity contribution in [1.29, 1.82) is 0 Å². The third-order valence-corrected chi connectivity index (χ3v) is 6.47. The number of nitrogens with zero attached hydrogens (tertiary/aromatic N) is 2. The summed E-state index contributed by atoms with van der Waals surface area (Å²) in [5.74, 6) is 0.258. The van der Waals surface area contributed by atoms with E-state index in [1.54, 1.807) is 28.4 Å². The van der Waals surface area contributed by atoms with Gasteiger partial charge in [0.25, 0.3) is 5.91 Å². The van der Waals surface area contributed by atoms with Crippen molar-refractivity contribution in [1.82, 2.24) is 9.21 Å². The van der Waals surface area contributed by atoms with E-state index in [0.717, 1.165) is 19.3 Å². The number of methoxy groups -OCH3 is 1. The normalized spacial score (nSPS) is 24.6. The van der Waals surface area contributed by atoms with Crippen molar-refractivity contribution in [3.05, 3.63) is 24.2 Å². The molecule has 0 bridgehead atoms. The van der Waals surface area contributed by atoms with Crippen LogP contribution < -0.4 is 0 Å². The van der Waals surface area contributed by atoms with Gasteiger partial charge in [0, 0.05) is 32.8 Å². The SMILES string of the molecule is COC[C@H]1CC2(CCN(C(=O)c3ccco3)CC2)CN1S(C)(=O)=O. The summed E-state index contributed by atoms with van der Waals surface area (Å²) in [6.07, 6.45) is 5.13. The number of carbonyl (C=O) groups is 1. The molecule has 2 fully saturated rings. The average molecular weight is 356 g/mol. The van der Waals surface area contributed by atoms with E-state index in [4.69, 9.17) is 9.15 Å². The summed E-state index contributed by atoms with van der Waals surface area (Å²) in [7, 11) is -1.66. The number of hydrogen-bond donors (Lipinski definition) is 0. The molecule has 1 spiro atoms. The highest BCUT2D eigenvalue weighted by Gasteiger charge is 2.48. The maximum Gasteiger partial charge on any atom is 0.289 e. The van der Waals surface area contributed by atoms with Gasteiger partial charge in [-0.2, -0.15) is 4.31 Å². The molecule has 0 aromatic carbocycles. The quantitative estimate of drug-likeness (QED) is 0.809. The zero-order valence-electron chi connectivity index (χ0n) is 14.1. The van der Waals surface area contributed by atoms with Gasteiger partial charge in [-0.3, -0.25) is 4.79 Å². The molecule has 0 unspecified atom stereocenters. The smallest absolute Gasteiger partial charge is 0.289 e. The summed E-state index contributed by atoms with van der Waals surface area (Å²) < 4.78 is 36.1.